The summed E-state index contributed by atoms with van der Waals surface area (Å²) < 4.78 is 4.35. The van der Waals surface area contributed by atoms with E-state index in [1.54, 1.807) is 12.1 Å². The van der Waals surface area contributed by atoms with Crippen LogP contribution in [-0.2, 0) is 9.53 Å². The van der Waals surface area contributed by atoms with Gasteiger partial charge in [0.15, 0.2) is 0 Å². The molecule has 2 N–H and O–H groups in total. The van der Waals surface area contributed by atoms with Crippen LogP contribution in [0.3, 0.4) is 0 Å². The first-order chi connectivity index (χ1) is 7.17. The van der Waals surface area contributed by atoms with E-state index in [4.69, 9.17) is 11.0 Å². The van der Waals surface area contributed by atoms with Crippen LogP contribution < -0.4 is 5.73 Å². The molecular weight excluding hydrogens is 192 g/mol. The topological polar surface area (TPSA) is 76.1 Å². The molecular formula is C11H8N2O2. The Hall–Kier alpha value is -2.46. The fraction of sp³-hybridized carbons (Fsp3) is 0.0909. The molecule has 74 valence electrons. The fourth-order valence-corrected chi connectivity index (χ4v) is 0.903. The van der Waals surface area contributed by atoms with Crippen LogP contribution in [0.1, 0.15) is 11.1 Å². The van der Waals surface area contributed by atoms with Gasteiger partial charge in [-0.2, -0.15) is 5.26 Å². The van der Waals surface area contributed by atoms with Crippen molar-refractivity contribution < 1.29 is 9.53 Å². The summed E-state index contributed by atoms with van der Waals surface area (Å²) in [5, 5.41) is 8.65. The van der Waals surface area contributed by atoms with E-state index in [9.17, 15) is 4.79 Å². The highest BCUT2D eigenvalue weighted by molar-refractivity contribution is 5.89. The predicted octanol–water partition coefficient (Wildman–Crippen LogP) is 0.665. The summed E-state index contributed by atoms with van der Waals surface area (Å²) in [6.07, 6.45) is 0. The van der Waals surface area contributed by atoms with Crippen LogP contribution in [0.15, 0.2) is 18.2 Å². The molecule has 1 rings (SSSR count). The number of hydrogen-bond acceptors (Lipinski definition) is 4. The lowest BCUT2D eigenvalue weighted by Crippen LogP contribution is -1.96. The van der Waals surface area contributed by atoms with Gasteiger partial charge in [-0.3, -0.25) is 0 Å². The van der Waals surface area contributed by atoms with Gasteiger partial charge >= 0.3 is 5.97 Å². The maximum atomic E-state index is 10.7. The highest BCUT2D eigenvalue weighted by atomic mass is 16.5. The van der Waals surface area contributed by atoms with Gasteiger partial charge in [0.1, 0.15) is 0 Å². The third-order valence-corrected chi connectivity index (χ3v) is 1.67. The molecule has 0 atom stereocenters. The van der Waals surface area contributed by atoms with Crippen LogP contribution in [0.2, 0.25) is 0 Å². The Bertz CT molecular complexity index is 490. The second kappa shape index (κ2) is 4.69. The van der Waals surface area contributed by atoms with Crippen molar-refractivity contribution in [1.29, 1.82) is 5.26 Å². The summed E-state index contributed by atoms with van der Waals surface area (Å²) in [7, 11) is 1.24. The van der Waals surface area contributed by atoms with E-state index in [0.29, 0.717) is 16.8 Å². The number of nitrogens with two attached hydrogens (primary N) is 1. The molecule has 4 heteroatoms. The van der Waals surface area contributed by atoms with E-state index in [0.717, 1.165) is 0 Å². The van der Waals surface area contributed by atoms with Gasteiger partial charge in [0.2, 0.25) is 0 Å². The number of esters is 1. The smallest absolute Gasteiger partial charge is 0.384 e. The Morgan fingerprint density at radius 2 is 2.27 bits per heavy atom. The Kier molecular flexibility index (Phi) is 3.32. The summed E-state index contributed by atoms with van der Waals surface area (Å²) in [5.41, 5.74) is 6.92. The molecule has 15 heavy (non-hydrogen) atoms. The number of hydrogen-bond donors (Lipinski definition) is 1. The van der Waals surface area contributed by atoms with Gasteiger partial charge in [-0.15, -0.1) is 0 Å². The lowest BCUT2D eigenvalue weighted by atomic mass is 10.1. The second-order valence-electron chi connectivity index (χ2n) is 2.66. The largest absolute Gasteiger partial charge is 0.459 e. The average molecular weight is 200 g/mol. The number of anilines is 1. The number of methoxy groups -OCH3 is 1. The lowest BCUT2D eigenvalue weighted by molar-refractivity contribution is -0.133. The molecule has 0 radical (unpaired) electrons. The first kappa shape index (κ1) is 10.6. The van der Waals surface area contributed by atoms with E-state index >= 15 is 0 Å². The quantitative estimate of drug-likeness (QED) is 0.379. The lowest BCUT2D eigenvalue weighted by Gasteiger charge is -1.97. The minimum atomic E-state index is -0.642. The minimum absolute atomic E-state index is 0.422. The summed E-state index contributed by atoms with van der Waals surface area (Å²) in [5.74, 6) is 4.14. The van der Waals surface area contributed by atoms with Gasteiger partial charge in [0, 0.05) is 17.2 Å². The van der Waals surface area contributed by atoms with Crippen molar-refractivity contribution in [3.05, 3.63) is 29.3 Å². The molecule has 1 aromatic carbocycles. The zero-order chi connectivity index (χ0) is 11.3. The Morgan fingerprint density at radius 1 is 1.53 bits per heavy atom. The number of ether oxygens (including phenoxy) is 1. The van der Waals surface area contributed by atoms with E-state index in [1.807, 2.05) is 6.07 Å². The van der Waals surface area contributed by atoms with Gasteiger partial charge in [-0.25, -0.2) is 4.79 Å². The zero-order valence-electron chi connectivity index (χ0n) is 8.07. The molecule has 0 amide bonds. The number of nitrogen functional groups attached to an aromatic ring is 1. The van der Waals surface area contributed by atoms with Crippen LogP contribution in [0, 0.1) is 23.2 Å². The zero-order valence-corrected chi connectivity index (χ0v) is 8.07. The molecule has 0 saturated carbocycles. The number of benzene rings is 1. The summed E-state index contributed by atoms with van der Waals surface area (Å²) >= 11 is 0. The molecule has 1 aromatic rings. The summed E-state index contributed by atoms with van der Waals surface area (Å²) in [4.78, 5) is 10.7. The SMILES string of the molecule is COC(=O)C#Cc1cc(C#N)ccc1N. The molecule has 0 aliphatic rings. The normalized spacial score (nSPS) is 8.27. The summed E-state index contributed by atoms with van der Waals surface area (Å²) in [6, 6.07) is 6.63. The van der Waals surface area contributed by atoms with Gasteiger partial charge in [-0.1, -0.05) is 5.92 Å². The van der Waals surface area contributed by atoms with E-state index in [1.165, 1.54) is 13.2 Å². The Labute approximate surface area is 87.3 Å². The highest BCUT2D eigenvalue weighted by Crippen LogP contribution is 2.11. The van der Waals surface area contributed by atoms with Crippen molar-refractivity contribution in [2.45, 2.75) is 0 Å². The van der Waals surface area contributed by atoms with Crippen LogP contribution in [0.5, 0.6) is 0 Å². The Morgan fingerprint density at radius 3 is 2.87 bits per heavy atom. The predicted molar refractivity (Wildman–Crippen MR) is 54.5 cm³/mol. The number of rotatable bonds is 0. The fourth-order valence-electron chi connectivity index (χ4n) is 0.903. The Balaban J connectivity index is 3.08. The van der Waals surface area contributed by atoms with Crippen LogP contribution in [0.25, 0.3) is 0 Å². The van der Waals surface area contributed by atoms with Gasteiger partial charge < -0.3 is 10.5 Å². The van der Waals surface area contributed by atoms with Crippen molar-refractivity contribution in [3.8, 4) is 17.9 Å². The van der Waals surface area contributed by atoms with Crippen LogP contribution in [0.4, 0.5) is 5.69 Å². The van der Waals surface area contributed by atoms with Gasteiger partial charge in [0.25, 0.3) is 0 Å². The molecule has 0 unspecified atom stereocenters. The van der Waals surface area contributed by atoms with E-state index in [2.05, 4.69) is 16.6 Å². The maximum absolute atomic E-state index is 10.7. The van der Waals surface area contributed by atoms with Crippen molar-refractivity contribution >= 4 is 11.7 Å². The van der Waals surface area contributed by atoms with Gasteiger partial charge in [-0.05, 0) is 18.2 Å². The monoisotopic (exact) mass is 200 g/mol. The molecule has 0 bridgehead atoms. The van der Waals surface area contributed by atoms with E-state index < -0.39 is 5.97 Å². The molecule has 0 spiro atoms. The third kappa shape index (κ3) is 2.75. The molecule has 0 aliphatic heterocycles. The number of carbonyl (C=O) groups is 1. The van der Waals surface area contributed by atoms with E-state index in [-0.39, 0.29) is 0 Å². The summed E-state index contributed by atoms with van der Waals surface area (Å²) in [6.45, 7) is 0. The van der Waals surface area contributed by atoms with Gasteiger partial charge in [0.05, 0.1) is 18.7 Å². The number of nitriles is 1. The van der Waals surface area contributed by atoms with Crippen LogP contribution in [-0.4, -0.2) is 13.1 Å². The molecule has 0 fully saturated rings. The van der Waals surface area contributed by atoms with Crippen molar-refractivity contribution in [3.63, 3.8) is 0 Å². The molecule has 0 aliphatic carbocycles. The van der Waals surface area contributed by atoms with Crippen molar-refractivity contribution in [2.75, 3.05) is 12.8 Å². The highest BCUT2D eigenvalue weighted by Gasteiger charge is 1.98. The van der Waals surface area contributed by atoms with Crippen molar-refractivity contribution in [2.24, 2.45) is 0 Å². The average Bonchev–Trinajstić information content (AvgIpc) is 2.27. The number of carbonyl (C=O) groups excluding carboxylic acids is 1. The molecule has 4 nitrogen and oxygen atoms in total. The molecule has 0 aromatic heterocycles. The second-order valence-corrected chi connectivity index (χ2v) is 2.66. The maximum Gasteiger partial charge on any atom is 0.384 e. The third-order valence-electron chi connectivity index (χ3n) is 1.67. The van der Waals surface area contributed by atoms with Crippen molar-refractivity contribution in [1.82, 2.24) is 0 Å². The molecule has 0 heterocycles. The minimum Gasteiger partial charge on any atom is -0.459 e. The first-order valence-electron chi connectivity index (χ1n) is 4.07. The molecule has 0 saturated heterocycles. The van der Waals surface area contributed by atoms with Crippen LogP contribution >= 0.6 is 0 Å². The number of nitrogens with zero attached hydrogens (tertiary/aromatic N) is 1. The standard InChI is InChI=1S/C11H8N2O2/c1-15-11(14)5-3-9-6-8(7-12)2-4-10(9)13/h2,4,6H,13H2,1H3. The first-order valence-corrected chi connectivity index (χ1v) is 4.07.